The van der Waals surface area contributed by atoms with Crippen LogP contribution in [0.25, 0.3) is 0 Å². The van der Waals surface area contributed by atoms with E-state index in [2.05, 4.69) is 62.8 Å². The molecule has 0 aliphatic carbocycles. The van der Waals surface area contributed by atoms with E-state index >= 15 is 0 Å². The zero-order chi connectivity index (χ0) is 18.0. The summed E-state index contributed by atoms with van der Waals surface area (Å²) in [7, 11) is 0. The van der Waals surface area contributed by atoms with Crippen LogP contribution in [0.5, 0.6) is 0 Å². The minimum absolute atomic E-state index is 0.476. The summed E-state index contributed by atoms with van der Waals surface area (Å²) < 4.78 is 0. The van der Waals surface area contributed by atoms with Crippen LogP contribution in [0.3, 0.4) is 0 Å². The second-order valence-corrected chi connectivity index (χ2v) is 6.70. The third-order valence-corrected chi connectivity index (χ3v) is 4.65. The van der Waals surface area contributed by atoms with Crippen LogP contribution >= 0.6 is 0 Å². The minimum Gasteiger partial charge on any atom is -0.357 e. The molecule has 5 nitrogen and oxygen atoms in total. The zero-order valence-electron chi connectivity index (χ0n) is 15.6. The summed E-state index contributed by atoms with van der Waals surface area (Å²) in [5.41, 5.74) is 2.38. The van der Waals surface area contributed by atoms with Crippen molar-refractivity contribution in [3.63, 3.8) is 0 Å². The Bertz CT molecular complexity index is 663. The molecule has 0 amide bonds. The summed E-state index contributed by atoms with van der Waals surface area (Å²) in [5.74, 6) is 0.889. The number of likely N-dealkylation sites (tertiary alicyclic amines) is 1. The second-order valence-electron chi connectivity index (χ2n) is 6.70. The molecule has 1 aromatic heterocycles. The molecule has 138 valence electrons. The number of nitrogens with one attached hydrogen (secondary N) is 2. The molecule has 5 heteroatoms. The highest BCUT2D eigenvalue weighted by Gasteiger charge is 2.20. The fourth-order valence-corrected chi connectivity index (χ4v) is 3.24. The van der Waals surface area contributed by atoms with Crippen LogP contribution in [0.4, 0.5) is 0 Å². The predicted molar refractivity (Wildman–Crippen MR) is 107 cm³/mol. The topological polar surface area (TPSA) is 52.6 Å². The van der Waals surface area contributed by atoms with E-state index in [0.717, 1.165) is 50.7 Å². The van der Waals surface area contributed by atoms with Crippen molar-refractivity contribution in [1.29, 1.82) is 0 Å². The Morgan fingerprint density at radius 1 is 1.12 bits per heavy atom. The van der Waals surface area contributed by atoms with Gasteiger partial charge in [0, 0.05) is 38.4 Å². The Hall–Kier alpha value is -2.40. The third kappa shape index (κ3) is 5.85. The standard InChI is InChI=1S/C21H29N5/c1-2-22-21(24-16-20-10-6-7-13-23-20)25-19-11-14-26(15-12-19)17-18-8-4-3-5-9-18/h3-10,13,19H,2,11-12,14-17H2,1H3,(H2,22,24,25). The lowest BCUT2D eigenvalue weighted by Gasteiger charge is -2.33. The number of hydrogen-bond acceptors (Lipinski definition) is 3. The van der Waals surface area contributed by atoms with Crippen LogP contribution in [-0.2, 0) is 13.1 Å². The van der Waals surface area contributed by atoms with Crippen LogP contribution < -0.4 is 10.6 Å². The molecule has 2 heterocycles. The molecule has 0 bridgehead atoms. The van der Waals surface area contributed by atoms with Crippen LogP contribution in [-0.4, -0.2) is 41.5 Å². The van der Waals surface area contributed by atoms with Crippen molar-refractivity contribution < 1.29 is 0 Å². The minimum atomic E-state index is 0.476. The van der Waals surface area contributed by atoms with Gasteiger partial charge in [0.05, 0.1) is 12.2 Å². The van der Waals surface area contributed by atoms with Gasteiger partial charge in [-0.3, -0.25) is 9.88 Å². The molecule has 1 saturated heterocycles. The van der Waals surface area contributed by atoms with Crippen molar-refractivity contribution in [2.24, 2.45) is 4.99 Å². The smallest absolute Gasteiger partial charge is 0.191 e. The number of piperidine rings is 1. The molecule has 1 aliphatic rings. The molecule has 26 heavy (non-hydrogen) atoms. The molecule has 2 N–H and O–H groups in total. The largest absolute Gasteiger partial charge is 0.357 e. The summed E-state index contributed by atoms with van der Waals surface area (Å²) in [6.45, 7) is 6.84. The molecular weight excluding hydrogens is 322 g/mol. The molecule has 0 atom stereocenters. The lowest BCUT2D eigenvalue weighted by molar-refractivity contribution is 0.198. The molecule has 2 aromatic rings. The van der Waals surface area contributed by atoms with Crippen molar-refractivity contribution in [3.8, 4) is 0 Å². The third-order valence-electron chi connectivity index (χ3n) is 4.65. The molecule has 1 aliphatic heterocycles. The average Bonchev–Trinajstić information content (AvgIpc) is 2.69. The highest BCUT2D eigenvalue weighted by atomic mass is 15.2. The number of pyridine rings is 1. The predicted octanol–water partition coefficient (Wildman–Crippen LogP) is 2.80. The highest BCUT2D eigenvalue weighted by molar-refractivity contribution is 5.80. The molecule has 0 radical (unpaired) electrons. The van der Waals surface area contributed by atoms with Gasteiger partial charge in [-0.15, -0.1) is 0 Å². The first kappa shape index (κ1) is 18.4. The van der Waals surface area contributed by atoms with Gasteiger partial charge in [0.25, 0.3) is 0 Å². The van der Waals surface area contributed by atoms with Gasteiger partial charge in [0.1, 0.15) is 0 Å². The SMILES string of the molecule is CCNC(=NCc1ccccn1)NC1CCN(Cc2ccccc2)CC1. The average molecular weight is 351 g/mol. The number of hydrogen-bond donors (Lipinski definition) is 2. The molecule has 0 unspecified atom stereocenters. The monoisotopic (exact) mass is 351 g/mol. The van der Waals surface area contributed by atoms with E-state index in [4.69, 9.17) is 0 Å². The first-order valence-corrected chi connectivity index (χ1v) is 9.54. The van der Waals surface area contributed by atoms with Crippen LogP contribution in [0.2, 0.25) is 0 Å². The maximum Gasteiger partial charge on any atom is 0.191 e. The lowest BCUT2D eigenvalue weighted by Crippen LogP contribution is -2.48. The first-order chi connectivity index (χ1) is 12.8. The normalized spacial score (nSPS) is 16.4. The first-order valence-electron chi connectivity index (χ1n) is 9.54. The van der Waals surface area contributed by atoms with Gasteiger partial charge in [-0.2, -0.15) is 0 Å². The molecule has 1 fully saturated rings. The van der Waals surface area contributed by atoms with Crippen LogP contribution in [0, 0.1) is 0 Å². The fraction of sp³-hybridized carbons (Fsp3) is 0.429. The molecule has 3 rings (SSSR count). The van der Waals surface area contributed by atoms with Gasteiger partial charge in [0.2, 0.25) is 0 Å². The maximum atomic E-state index is 4.68. The Balaban J connectivity index is 1.48. The quantitative estimate of drug-likeness (QED) is 0.621. The van der Waals surface area contributed by atoms with Crippen molar-refractivity contribution in [2.75, 3.05) is 19.6 Å². The zero-order valence-corrected chi connectivity index (χ0v) is 15.6. The van der Waals surface area contributed by atoms with Gasteiger partial charge >= 0.3 is 0 Å². The Morgan fingerprint density at radius 2 is 1.88 bits per heavy atom. The van der Waals surface area contributed by atoms with E-state index < -0.39 is 0 Å². The van der Waals surface area contributed by atoms with Gasteiger partial charge in [0.15, 0.2) is 5.96 Å². The van der Waals surface area contributed by atoms with Crippen molar-refractivity contribution >= 4 is 5.96 Å². The molecule has 0 spiro atoms. The van der Waals surface area contributed by atoms with E-state index in [1.165, 1.54) is 5.56 Å². The van der Waals surface area contributed by atoms with Crippen molar-refractivity contribution in [1.82, 2.24) is 20.5 Å². The molecule has 0 saturated carbocycles. The highest BCUT2D eigenvalue weighted by Crippen LogP contribution is 2.13. The number of nitrogens with zero attached hydrogens (tertiary/aromatic N) is 3. The number of rotatable bonds is 6. The number of guanidine groups is 1. The van der Waals surface area contributed by atoms with Crippen molar-refractivity contribution in [3.05, 3.63) is 66.0 Å². The van der Waals surface area contributed by atoms with E-state index in [1.54, 1.807) is 0 Å². The Morgan fingerprint density at radius 3 is 2.58 bits per heavy atom. The number of aromatic nitrogens is 1. The summed E-state index contributed by atoms with van der Waals surface area (Å²) in [5, 5.41) is 6.94. The fourth-order valence-electron chi connectivity index (χ4n) is 3.24. The Kier molecular flexibility index (Phi) is 7.02. The van der Waals surface area contributed by atoms with E-state index in [-0.39, 0.29) is 0 Å². The summed E-state index contributed by atoms with van der Waals surface area (Å²) in [6, 6.07) is 17.1. The van der Waals surface area contributed by atoms with Gasteiger partial charge in [-0.1, -0.05) is 36.4 Å². The number of aliphatic imine (C=N–C) groups is 1. The molecular formula is C21H29N5. The summed E-state index contributed by atoms with van der Waals surface area (Å²) in [4.78, 5) is 11.6. The van der Waals surface area contributed by atoms with E-state index in [0.29, 0.717) is 12.6 Å². The Labute approximate surface area is 156 Å². The maximum absolute atomic E-state index is 4.68. The number of benzene rings is 1. The van der Waals surface area contributed by atoms with Gasteiger partial charge < -0.3 is 10.6 Å². The lowest BCUT2D eigenvalue weighted by atomic mass is 10.0. The summed E-state index contributed by atoms with van der Waals surface area (Å²) >= 11 is 0. The van der Waals surface area contributed by atoms with Gasteiger partial charge in [-0.25, -0.2) is 4.99 Å². The summed E-state index contributed by atoms with van der Waals surface area (Å²) in [6.07, 6.45) is 4.09. The van der Waals surface area contributed by atoms with Crippen LogP contribution in [0.1, 0.15) is 31.0 Å². The van der Waals surface area contributed by atoms with Crippen molar-refractivity contribution in [2.45, 2.75) is 38.9 Å². The van der Waals surface area contributed by atoms with E-state index in [1.807, 2.05) is 24.4 Å². The van der Waals surface area contributed by atoms with Crippen LogP contribution in [0.15, 0.2) is 59.7 Å². The molecule has 1 aromatic carbocycles. The second kappa shape index (κ2) is 9.92. The van der Waals surface area contributed by atoms with E-state index in [9.17, 15) is 0 Å². The van der Waals surface area contributed by atoms with Gasteiger partial charge in [-0.05, 0) is 37.5 Å².